The van der Waals surface area contributed by atoms with Crippen LogP contribution in [0.5, 0.6) is 0 Å². The molecule has 0 saturated heterocycles. The Labute approximate surface area is 133 Å². The summed E-state index contributed by atoms with van der Waals surface area (Å²) in [5.74, 6) is 0.0174. The number of hydrogen-bond acceptors (Lipinski definition) is 2. The lowest BCUT2D eigenvalue weighted by Gasteiger charge is -2.15. The average molecular weight is 307 g/mol. The van der Waals surface area contributed by atoms with Gasteiger partial charge in [0.1, 0.15) is 11.6 Å². The summed E-state index contributed by atoms with van der Waals surface area (Å²) < 4.78 is 19.4. The van der Waals surface area contributed by atoms with Crippen molar-refractivity contribution in [3.8, 4) is 11.3 Å². The Bertz CT molecular complexity index is 884. The molecule has 0 saturated carbocycles. The van der Waals surface area contributed by atoms with Gasteiger partial charge in [-0.1, -0.05) is 30.3 Å². The van der Waals surface area contributed by atoms with E-state index in [-0.39, 0.29) is 17.5 Å². The van der Waals surface area contributed by atoms with E-state index >= 15 is 0 Å². The van der Waals surface area contributed by atoms with E-state index in [1.54, 1.807) is 35.2 Å². The molecule has 0 unspecified atom stereocenters. The molecule has 23 heavy (non-hydrogen) atoms. The summed E-state index contributed by atoms with van der Waals surface area (Å²) in [5.41, 5.74) is 2.43. The van der Waals surface area contributed by atoms with Gasteiger partial charge in [0.2, 0.25) is 0 Å². The predicted octanol–water partition coefficient (Wildman–Crippen LogP) is 4.29. The van der Waals surface area contributed by atoms with Crippen LogP contribution >= 0.6 is 0 Å². The van der Waals surface area contributed by atoms with Crippen molar-refractivity contribution >= 4 is 11.6 Å². The summed E-state index contributed by atoms with van der Waals surface area (Å²) in [6.07, 6.45) is 0.836. The van der Waals surface area contributed by atoms with Gasteiger partial charge in [-0.2, -0.15) is 0 Å². The van der Waals surface area contributed by atoms with Gasteiger partial charge in [0.25, 0.3) is 5.91 Å². The van der Waals surface area contributed by atoms with Crippen molar-refractivity contribution in [2.75, 3.05) is 11.4 Å². The van der Waals surface area contributed by atoms with Crippen LogP contribution in [0.15, 0.2) is 65.1 Å². The zero-order valence-corrected chi connectivity index (χ0v) is 12.3. The van der Waals surface area contributed by atoms with Crippen molar-refractivity contribution in [2.24, 2.45) is 0 Å². The lowest BCUT2D eigenvalue weighted by Crippen LogP contribution is -2.28. The van der Waals surface area contributed by atoms with E-state index in [9.17, 15) is 9.18 Å². The van der Waals surface area contributed by atoms with Gasteiger partial charge in [-0.25, -0.2) is 4.39 Å². The number of anilines is 1. The fourth-order valence-corrected chi connectivity index (χ4v) is 2.94. The van der Waals surface area contributed by atoms with E-state index in [1.807, 2.05) is 24.3 Å². The molecule has 4 heteroatoms. The summed E-state index contributed by atoms with van der Waals surface area (Å²) in [6.45, 7) is 0.633. The summed E-state index contributed by atoms with van der Waals surface area (Å²) in [5, 5.41) is 0. The zero-order chi connectivity index (χ0) is 15.8. The Kier molecular flexibility index (Phi) is 3.23. The molecule has 2 heterocycles. The van der Waals surface area contributed by atoms with E-state index in [2.05, 4.69) is 0 Å². The maximum Gasteiger partial charge on any atom is 0.294 e. The summed E-state index contributed by atoms with van der Waals surface area (Å²) in [7, 11) is 0. The molecule has 1 aliphatic rings. The number of fused-ring (bicyclic) bond motifs is 1. The zero-order valence-electron chi connectivity index (χ0n) is 12.3. The Morgan fingerprint density at radius 3 is 2.65 bits per heavy atom. The van der Waals surface area contributed by atoms with E-state index in [0.717, 1.165) is 17.7 Å². The Morgan fingerprint density at radius 2 is 1.78 bits per heavy atom. The second kappa shape index (κ2) is 5.39. The number of nitrogens with zero attached hydrogens (tertiary/aromatic N) is 1. The lowest BCUT2D eigenvalue weighted by molar-refractivity contribution is 0.0963. The summed E-state index contributed by atoms with van der Waals surface area (Å²) in [6, 6.07) is 17.4. The van der Waals surface area contributed by atoms with Gasteiger partial charge in [-0.05, 0) is 42.3 Å². The van der Waals surface area contributed by atoms with Crippen LogP contribution in [-0.4, -0.2) is 12.5 Å². The molecule has 0 atom stereocenters. The molecular weight excluding hydrogens is 293 g/mol. The second-order valence-electron chi connectivity index (χ2n) is 5.48. The van der Waals surface area contributed by atoms with Crippen molar-refractivity contribution in [2.45, 2.75) is 6.42 Å². The van der Waals surface area contributed by atoms with Crippen LogP contribution in [0.25, 0.3) is 11.3 Å². The molecular formula is C19H14FNO2. The Balaban J connectivity index is 1.65. The number of benzene rings is 2. The maximum absolute atomic E-state index is 13.8. The molecule has 0 aliphatic carbocycles. The van der Waals surface area contributed by atoms with Crippen LogP contribution in [0.2, 0.25) is 0 Å². The van der Waals surface area contributed by atoms with E-state index in [4.69, 9.17) is 4.42 Å². The van der Waals surface area contributed by atoms with Crippen molar-refractivity contribution in [3.05, 3.63) is 77.8 Å². The minimum atomic E-state index is -0.368. The van der Waals surface area contributed by atoms with Crippen LogP contribution in [0.4, 0.5) is 10.1 Å². The normalized spacial score (nSPS) is 13.2. The molecule has 3 nitrogen and oxygen atoms in total. The molecule has 0 N–H and O–H groups in total. The molecule has 4 rings (SSSR count). The molecule has 0 spiro atoms. The van der Waals surface area contributed by atoms with E-state index < -0.39 is 0 Å². The van der Waals surface area contributed by atoms with Gasteiger partial charge in [-0.15, -0.1) is 0 Å². The number of para-hydroxylation sites is 1. The number of rotatable bonds is 2. The molecule has 0 radical (unpaired) electrons. The number of carbonyl (C=O) groups excluding carboxylic acids is 1. The van der Waals surface area contributed by atoms with Gasteiger partial charge in [0.15, 0.2) is 5.76 Å². The monoisotopic (exact) mass is 307 g/mol. The van der Waals surface area contributed by atoms with Crippen LogP contribution in [0, 0.1) is 5.82 Å². The van der Waals surface area contributed by atoms with E-state index in [0.29, 0.717) is 17.9 Å². The highest BCUT2D eigenvalue weighted by molar-refractivity contribution is 6.05. The average Bonchev–Trinajstić information content (AvgIpc) is 3.22. The van der Waals surface area contributed by atoms with Gasteiger partial charge >= 0.3 is 0 Å². The van der Waals surface area contributed by atoms with E-state index in [1.165, 1.54) is 6.07 Å². The fraction of sp³-hybridized carbons (Fsp3) is 0.105. The Hall–Kier alpha value is -2.88. The highest BCUT2D eigenvalue weighted by atomic mass is 19.1. The number of halogens is 1. The third kappa shape index (κ3) is 2.32. The minimum Gasteiger partial charge on any atom is -0.451 e. The largest absolute Gasteiger partial charge is 0.451 e. The quantitative estimate of drug-likeness (QED) is 0.707. The first-order chi connectivity index (χ1) is 11.2. The third-order valence-electron chi connectivity index (χ3n) is 4.09. The fourth-order valence-electron chi connectivity index (χ4n) is 2.94. The van der Waals surface area contributed by atoms with Crippen molar-refractivity contribution in [1.29, 1.82) is 0 Å². The van der Waals surface area contributed by atoms with Crippen molar-refractivity contribution in [1.82, 2.24) is 0 Å². The number of amides is 1. The van der Waals surface area contributed by atoms with Crippen LogP contribution < -0.4 is 4.90 Å². The standard InChI is InChI=1S/C19H14FNO2/c20-15-7-3-2-6-14(15)17-9-10-18(23-17)19(22)21-12-11-13-5-1-4-8-16(13)21/h1-10H,11-12H2. The van der Waals surface area contributed by atoms with Gasteiger partial charge in [0, 0.05) is 12.2 Å². The molecule has 3 aromatic rings. The van der Waals surface area contributed by atoms with Gasteiger partial charge in [0.05, 0.1) is 5.56 Å². The van der Waals surface area contributed by atoms with Crippen LogP contribution in [-0.2, 0) is 6.42 Å². The summed E-state index contributed by atoms with van der Waals surface area (Å²) in [4.78, 5) is 14.4. The highest BCUT2D eigenvalue weighted by Gasteiger charge is 2.27. The molecule has 114 valence electrons. The predicted molar refractivity (Wildman–Crippen MR) is 85.9 cm³/mol. The first-order valence-corrected chi connectivity index (χ1v) is 7.48. The van der Waals surface area contributed by atoms with Gasteiger partial charge < -0.3 is 9.32 Å². The number of furan rings is 1. The molecule has 0 bridgehead atoms. The number of carbonyl (C=O) groups is 1. The Morgan fingerprint density at radius 1 is 1.00 bits per heavy atom. The first kappa shape index (κ1) is 13.8. The van der Waals surface area contributed by atoms with Crippen LogP contribution in [0.3, 0.4) is 0 Å². The smallest absolute Gasteiger partial charge is 0.294 e. The molecule has 1 aliphatic heterocycles. The van der Waals surface area contributed by atoms with Crippen molar-refractivity contribution < 1.29 is 13.6 Å². The molecule has 1 aromatic heterocycles. The third-order valence-corrected chi connectivity index (χ3v) is 4.09. The molecule has 0 fully saturated rings. The van der Waals surface area contributed by atoms with Gasteiger partial charge in [-0.3, -0.25) is 4.79 Å². The highest BCUT2D eigenvalue weighted by Crippen LogP contribution is 2.30. The maximum atomic E-state index is 13.8. The molecule has 2 aromatic carbocycles. The number of hydrogen-bond donors (Lipinski definition) is 0. The minimum absolute atomic E-state index is 0.197. The SMILES string of the molecule is O=C(c1ccc(-c2ccccc2F)o1)N1CCc2ccccc21. The van der Waals surface area contributed by atoms with Crippen LogP contribution in [0.1, 0.15) is 16.1 Å². The summed E-state index contributed by atoms with van der Waals surface area (Å²) >= 11 is 0. The lowest BCUT2D eigenvalue weighted by atomic mass is 10.1. The topological polar surface area (TPSA) is 33.5 Å². The van der Waals surface area contributed by atoms with Crippen molar-refractivity contribution in [3.63, 3.8) is 0 Å². The molecule has 1 amide bonds. The second-order valence-corrected chi connectivity index (χ2v) is 5.48. The first-order valence-electron chi connectivity index (χ1n) is 7.48.